The number of rotatable bonds is 2. The summed E-state index contributed by atoms with van der Waals surface area (Å²) in [4.78, 5) is 26.4. The molecule has 3 N–H and O–H groups in total. The number of ketones is 1. The average Bonchev–Trinajstić information content (AvgIpc) is 3.19. The van der Waals surface area contributed by atoms with Gasteiger partial charge in [0.15, 0.2) is 6.29 Å². The van der Waals surface area contributed by atoms with E-state index in [1.165, 1.54) is 6.92 Å². The van der Waals surface area contributed by atoms with Gasteiger partial charge in [0.2, 0.25) is 0 Å². The summed E-state index contributed by atoms with van der Waals surface area (Å²) in [6.45, 7) is 7.15. The van der Waals surface area contributed by atoms with Gasteiger partial charge in [-0.25, -0.2) is 0 Å². The van der Waals surface area contributed by atoms with Gasteiger partial charge in [0.05, 0.1) is 42.9 Å². The third kappa shape index (κ3) is 2.42. The van der Waals surface area contributed by atoms with E-state index in [-0.39, 0.29) is 43.7 Å². The summed E-state index contributed by atoms with van der Waals surface area (Å²) in [5.41, 5.74) is -3.37. The normalized spacial score (nSPS) is 57.5. The van der Waals surface area contributed by atoms with Gasteiger partial charge in [-0.05, 0) is 36.3 Å². The van der Waals surface area contributed by atoms with Gasteiger partial charge < -0.3 is 33.9 Å². The Morgan fingerprint density at radius 2 is 1.86 bits per heavy atom. The monoisotopic (exact) mass is 516 g/mol. The number of aliphatic hydroxyl groups is 3. The molecule has 4 aliphatic carbocycles. The van der Waals surface area contributed by atoms with E-state index in [1.54, 1.807) is 19.5 Å². The van der Waals surface area contributed by atoms with Crippen LogP contribution in [0.25, 0.3) is 0 Å². The van der Waals surface area contributed by atoms with Crippen molar-refractivity contribution in [1.29, 1.82) is 0 Å². The molecule has 1 aromatic heterocycles. The van der Waals surface area contributed by atoms with E-state index < -0.39 is 69.7 Å². The summed E-state index contributed by atoms with van der Waals surface area (Å²) < 4.78 is 23.5. The first-order valence-corrected chi connectivity index (χ1v) is 13.4. The lowest BCUT2D eigenvalue weighted by atomic mass is 9.33. The molecule has 4 saturated carbocycles. The summed E-state index contributed by atoms with van der Waals surface area (Å²) in [6, 6.07) is 1.95. The summed E-state index contributed by atoms with van der Waals surface area (Å²) in [6.07, 6.45) is 0.556. The van der Waals surface area contributed by atoms with E-state index in [0.29, 0.717) is 0 Å². The minimum atomic E-state index is -1.26. The molecule has 2 aliphatic heterocycles. The first kappa shape index (κ1) is 24.3. The maximum absolute atomic E-state index is 14.4. The van der Waals surface area contributed by atoms with E-state index in [1.807, 2.05) is 13.0 Å². The van der Waals surface area contributed by atoms with Crippen molar-refractivity contribution < 1.29 is 43.5 Å². The van der Waals surface area contributed by atoms with Crippen molar-refractivity contribution in [1.82, 2.24) is 0 Å². The van der Waals surface area contributed by atoms with Crippen LogP contribution < -0.4 is 0 Å². The molecular weight excluding hydrogens is 480 g/mol. The zero-order valence-electron chi connectivity index (χ0n) is 21.7. The molecule has 1 aromatic rings. The van der Waals surface area contributed by atoms with Gasteiger partial charge in [0.25, 0.3) is 0 Å². The van der Waals surface area contributed by atoms with Crippen molar-refractivity contribution in [2.75, 3.05) is 6.61 Å². The highest BCUT2D eigenvalue weighted by Gasteiger charge is 2.90. The van der Waals surface area contributed by atoms with Gasteiger partial charge in [0, 0.05) is 41.9 Å². The number of Topliss-reactive ketones (excluding diaryl/α,β-unsaturated/α-hetero) is 1. The van der Waals surface area contributed by atoms with E-state index in [9.17, 15) is 24.9 Å². The molecule has 0 radical (unpaired) electrons. The second-order valence-electron chi connectivity index (χ2n) is 13.3. The lowest BCUT2D eigenvalue weighted by Gasteiger charge is -2.72. The van der Waals surface area contributed by atoms with Gasteiger partial charge in [0.1, 0.15) is 17.5 Å². The van der Waals surface area contributed by atoms with Crippen LogP contribution in [0.1, 0.15) is 64.9 Å². The molecule has 7 rings (SSSR count). The molecule has 9 heteroatoms. The second-order valence-corrected chi connectivity index (χ2v) is 13.3. The van der Waals surface area contributed by atoms with Gasteiger partial charge in [-0.3, -0.25) is 9.59 Å². The highest BCUT2D eigenvalue weighted by molar-refractivity contribution is 5.87. The molecule has 6 aliphatic rings. The van der Waals surface area contributed by atoms with Crippen LogP contribution in [-0.2, 0) is 23.8 Å². The van der Waals surface area contributed by atoms with Crippen molar-refractivity contribution in [2.45, 2.75) is 95.6 Å². The van der Waals surface area contributed by atoms with Crippen LogP contribution >= 0.6 is 0 Å². The van der Waals surface area contributed by atoms with E-state index in [0.717, 1.165) is 12.0 Å². The molecule has 3 heterocycles. The Balaban J connectivity index is 1.38. The van der Waals surface area contributed by atoms with E-state index in [2.05, 4.69) is 6.92 Å². The second kappa shape index (κ2) is 7.04. The fraction of sp³-hybridized carbons (Fsp3) is 0.786. The molecule has 2 bridgehead atoms. The lowest BCUT2D eigenvalue weighted by molar-refractivity contribution is -0.371. The number of ether oxygens (including phenoxy) is 3. The van der Waals surface area contributed by atoms with Crippen molar-refractivity contribution in [2.24, 2.45) is 33.5 Å². The quantitative estimate of drug-likeness (QED) is 0.397. The number of aliphatic hydroxyl groups excluding tert-OH is 3. The Labute approximate surface area is 215 Å². The first-order chi connectivity index (χ1) is 17.4. The molecule has 0 amide bonds. The SMILES string of the molecule is CC(=O)O[C@@H]1C[C@H](O)[C@@]23CO[C@H](O)[C@]1(C)[C@@H]2CC(O)[C@]1(C)[C@@H]3C(=O)C[C@@]2(C)[C@H](c3ccoc3)C[C@H]3O[C@@]321. The van der Waals surface area contributed by atoms with Crippen LogP contribution in [0.4, 0.5) is 0 Å². The summed E-state index contributed by atoms with van der Waals surface area (Å²) >= 11 is 0. The number of esters is 1. The number of carbonyl (C=O) groups is 2. The highest BCUT2D eigenvalue weighted by Crippen LogP contribution is 2.82. The summed E-state index contributed by atoms with van der Waals surface area (Å²) in [5.74, 6) is -1.73. The highest BCUT2D eigenvalue weighted by atomic mass is 16.6. The van der Waals surface area contributed by atoms with Crippen molar-refractivity contribution in [3.8, 4) is 0 Å². The Morgan fingerprint density at radius 1 is 1.11 bits per heavy atom. The third-order valence-electron chi connectivity index (χ3n) is 12.2. The molecule has 9 nitrogen and oxygen atoms in total. The predicted octanol–water partition coefficient (Wildman–Crippen LogP) is 1.92. The standard InChI is InChI=1S/C28H36O9/c1-13(29)36-20-9-19(32)27-12-35-23(33)25(20,3)17(27)8-18(31)26(4)22(27)16(30)10-24(2)15(14-5-6-34-11-14)7-21-28(24,26)37-21/h5-6,11,15,17-23,31-33H,7-10,12H2,1-4H3/t15-,17-,18?,19-,20+,21+,22-,23-,24-,25+,26+,27+,28-/m0/s1. The Bertz CT molecular complexity index is 1170. The largest absolute Gasteiger partial charge is 0.472 e. The molecule has 0 aromatic carbocycles. The molecule has 1 spiro atoms. The number of fused-ring (bicyclic) bond motifs is 1. The van der Waals surface area contributed by atoms with Crippen LogP contribution in [0, 0.1) is 33.5 Å². The minimum absolute atomic E-state index is 0.0102. The van der Waals surface area contributed by atoms with Crippen LogP contribution in [-0.4, -0.2) is 70.0 Å². The topological polar surface area (TPSA) is 139 Å². The number of hydrogen-bond acceptors (Lipinski definition) is 9. The van der Waals surface area contributed by atoms with E-state index in [4.69, 9.17) is 18.6 Å². The smallest absolute Gasteiger partial charge is 0.302 e. The maximum Gasteiger partial charge on any atom is 0.302 e. The molecule has 6 fully saturated rings. The Kier molecular flexibility index (Phi) is 4.62. The number of hydrogen-bond donors (Lipinski definition) is 3. The van der Waals surface area contributed by atoms with Crippen molar-refractivity contribution in [3.05, 3.63) is 24.2 Å². The lowest BCUT2D eigenvalue weighted by Crippen LogP contribution is -2.80. The van der Waals surface area contributed by atoms with Crippen LogP contribution in [0.5, 0.6) is 0 Å². The van der Waals surface area contributed by atoms with Gasteiger partial charge in [-0.15, -0.1) is 0 Å². The van der Waals surface area contributed by atoms with E-state index >= 15 is 0 Å². The fourth-order valence-corrected chi connectivity index (χ4v) is 10.7. The molecule has 202 valence electrons. The van der Waals surface area contributed by atoms with Gasteiger partial charge in [-0.1, -0.05) is 20.8 Å². The summed E-state index contributed by atoms with van der Waals surface area (Å²) in [5, 5.41) is 34.9. The fourth-order valence-electron chi connectivity index (χ4n) is 10.7. The van der Waals surface area contributed by atoms with Gasteiger partial charge >= 0.3 is 5.97 Å². The summed E-state index contributed by atoms with van der Waals surface area (Å²) in [7, 11) is 0. The van der Waals surface area contributed by atoms with Crippen LogP contribution in [0.15, 0.2) is 23.0 Å². The Hall–Kier alpha value is -1.78. The van der Waals surface area contributed by atoms with Gasteiger partial charge in [-0.2, -0.15) is 0 Å². The zero-order chi connectivity index (χ0) is 26.3. The van der Waals surface area contributed by atoms with Crippen molar-refractivity contribution >= 4 is 11.8 Å². The zero-order valence-corrected chi connectivity index (χ0v) is 21.7. The molecular formula is C28H36O9. The molecule has 2 saturated heterocycles. The number of carbonyl (C=O) groups excluding carboxylic acids is 2. The third-order valence-corrected chi connectivity index (χ3v) is 12.2. The Morgan fingerprint density at radius 3 is 2.54 bits per heavy atom. The predicted molar refractivity (Wildman–Crippen MR) is 126 cm³/mol. The van der Waals surface area contributed by atoms with Crippen molar-refractivity contribution in [3.63, 3.8) is 0 Å². The first-order valence-electron chi connectivity index (χ1n) is 13.4. The molecule has 37 heavy (non-hydrogen) atoms. The minimum Gasteiger partial charge on any atom is -0.472 e. The van der Waals surface area contributed by atoms with Crippen LogP contribution in [0.2, 0.25) is 0 Å². The molecule has 13 atom stereocenters. The average molecular weight is 517 g/mol. The maximum atomic E-state index is 14.4. The van der Waals surface area contributed by atoms with Crippen LogP contribution in [0.3, 0.4) is 0 Å². The molecule has 1 unspecified atom stereocenters. The number of furan rings is 1. The number of epoxide rings is 1.